The van der Waals surface area contributed by atoms with Gasteiger partial charge in [0.2, 0.25) is 0 Å². The van der Waals surface area contributed by atoms with Crippen LogP contribution in [0.1, 0.15) is 54.0 Å². The third-order valence-corrected chi connectivity index (χ3v) is 5.36. The molecule has 0 radical (unpaired) electrons. The maximum Gasteiger partial charge on any atom is 0.191 e. The van der Waals surface area contributed by atoms with Gasteiger partial charge < -0.3 is 10.6 Å². The van der Waals surface area contributed by atoms with Crippen LogP contribution in [-0.4, -0.2) is 22.5 Å². The fourth-order valence-corrected chi connectivity index (χ4v) is 3.93. The van der Waals surface area contributed by atoms with E-state index in [0.717, 1.165) is 33.9 Å². The van der Waals surface area contributed by atoms with E-state index >= 15 is 0 Å². The first-order valence-electron chi connectivity index (χ1n) is 8.19. The minimum Gasteiger partial charge on any atom is -0.357 e. The first kappa shape index (κ1) is 18.9. The van der Waals surface area contributed by atoms with Gasteiger partial charge in [0, 0.05) is 22.2 Å². The summed E-state index contributed by atoms with van der Waals surface area (Å²) < 4.78 is 0. The highest BCUT2D eigenvalue weighted by atomic mass is 32.1. The fourth-order valence-electron chi connectivity index (χ4n) is 2.11. The van der Waals surface area contributed by atoms with Crippen molar-refractivity contribution in [2.75, 3.05) is 6.54 Å². The molecule has 0 fully saturated rings. The Bertz CT molecular complexity index is 694. The van der Waals surface area contributed by atoms with Gasteiger partial charge in [-0.2, -0.15) is 0 Å². The molecule has 0 unspecified atom stereocenters. The Kier molecular flexibility index (Phi) is 6.34. The topological polar surface area (TPSA) is 62.2 Å². The molecule has 132 valence electrons. The second kappa shape index (κ2) is 8.07. The van der Waals surface area contributed by atoms with Crippen molar-refractivity contribution in [1.82, 2.24) is 20.6 Å². The van der Waals surface area contributed by atoms with Gasteiger partial charge in [0.15, 0.2) is 5.96 Å². The Balaban J connectivity index is 1.99. The normalized spacial score (nSPS) is 12.5. The van der Waals surface area contributed by atoms with E-state index in [0.29, 0.717) is 13.1 Å². The lowest BCUT2D eigenvalue weighted by atomic mass is 9.93. The molecule has 24 heavy (non-hydrogen) atoms. The lowest BCUT2D eigenvalue weighted by Crippen LogP contribution is -2.36. The highest BCUT2D eigenvalue weighted by molar-refractivity contribution is 7.11. The van der Waals surface area contributed by atoms with Crippen LogP contribution >= 0.6 is 22.7 Å². The molecule has 5 nitrogen and oxygen atoms in total. The summed E-state index contributed by atoms with van der Waals surface area (Å²) in [5.41, 5.74) is 2.31. The molecule has 2 N–H and O–H groups in total. The number of hydrogen-bond acceptors (Lipinski definition) is 5. The second-order valence-corrected chi connectivity index (χ2v) is 8.90. The van der Waals surface area contributed by atoms with E-state index in [1.807, 2.05) is 13.8 Å². The lowest BCUT2D eigenvalue weighted by molar-refractivity contribution is 0.570. The summed E-state index contributed by atoms with van der Waals surface area (Å²) in [5.74, 6) is 0.815. The van der Waals surface area contributed by atoms with Crippen molar-refractivity contribution < 1.29 is 0 Å². The molecule has 0 spiro atoms. The molecule has 0 amide bonds. The van der Waals surface area contributed by atoms with Gasteiger partial charge in [-0.15, -0.1) is 22.7 Å². The fraction of sp³-hybridized carbons (Fsp3) is 0.588. The van der Waals surface area contributed by atoms with Gasteiger partial charge in [0.05, 0.1) is 29.5 Å². The van der Waals surface area contributed by atoms with Gasteiger partial charge in [-0.1, -0.05) is 20.8 Å². The molecule has 2 rings (SSSR count). The molecule has 0 bridgehead atoms. The van der Waals surface area contributed by atoms with Gasteiger partial charge in [-0.3, -0.25) is 0 Å². The molecule has 2 heterocycles. The Hall–Kier alpha value is -1.47. The first-order chi connectivity index (χ1) is 11.3. The van der Waals surface area contributed by atoms with Crippen molar-refractivity contribution >= 4 is 28.6 Å². The van der Waals surface area contributed by atoms with E-state index < -0.39 is 0 Å². The minimum absolute atomic E-state index is 0.0922. The highest BCUT2D eigenvalue weighted by Crippen LogP contribution is 2.23. The van der Waals surface area contributed by atoms with E-state index in [4.69, 9.17) is 4.98 Å². The number of aliphatic imine (C=N–C) groups is 1. The zero-order chi connectivity index (χ0) is 17.7. The SMILES string of the molecule is CCNC(=NCc1sc(C)nc1C)NCc1nc(C(C)(C)C)cs1. The van der Waals surface area contributed by atoms with Gasteiger partial charge in [0.25, 0.3) is 0 Å². The average Bonchev–Trinajstić information content (AvgIpc) is 3.08. The Morgan fingerprint density at radius 2 is 1.96 bits per heavy atom. The molecule has 0 aliphatic carbocycles. The van der Waals surface area contributed by atoms with E-state index in [1.54, 1.807) is 22.7 Å². The van der Waals surface area contributed by atoms with Crippen molar-refractivity contribution in [3.63, 3.8) is 0 Å². The summed E-state index contributed by atoms with van der Waals surface area (Å²) in [6.07, 6.45) is 0. The molecular weight excluding hydrogens is 338 g/mol. The predicted molar refractivity (Wildman–Crippen MR) is 104 cm³/mol. The van der Waals surface area contributed by atoms with Crippen LogP contribution in [0, 0.1) is 13.8 Å². The zero-order valence-corrected chi connectivity index (χ0v) is 17.0. The predicted octanol–water partition coefficient (Wildman–Crippen LogP) is 3.77. The lowest BCUT2D eigenvalue weighted by Gasteiger charge is -2.14. The van der Waals surface area contributed by atoms with Crippen LogP contribution in [0.2, 0.25) is 0 Å². The molecule has 0 aliphatic heterocycles. The number of thiazole rings is 2. The van der Waals surface area contributed by atoms with Crippen LogP contribution in [0.4, 0.5) is 0 Å². The van der Waals surface area contributed by atoms with Crippen molar-refractivity contribution in [2.24, 2.45) is 4.99 Å². The van der Waals surface area contributed by atoms with E-state index in [1.165, 1.54) is 4.88 Å². The van der Waals surface area contributed by atoms with Crippen LogP contribution in [0.25, 0.3) is 0 Å². The Labute approximate surface area is 152 Å². The number of aromatic nitrogens is 2. The molecule has 2 aromatic rings. The standard InChI is InChI=1S/C17H27N5S2/c1-7-18-16(19-8-13-11(2)21-12(3)24-13)20-9-15-22-14(10-23-15)17(4,5)6/h10H,7-9H2,1-6H3,(H2,18,19,20). The van der Waals surface area contributed by atoms with Crippen LogP contribution in [0.3, 0.4) is 0 Å². The smallest absolute Gasteiger partial charge is 0.191 e. The van der Waals surface area contributed by atoms with Gasteiger partial charge in [-0.05, 0) is 20.8 Å². The molecule has 7 heteroatoms. The number of nitrogens with one attached hydrogen (secondary N) is 2. The third kappa shape index (κ3) is 5.27. The number of nitrogens with zero attached hydrogens (tertiary/aromatic N) is 3. The molecule has 2 aromatic heterocycles. The summed E-state index contributed by atoms with van der Waals surface area (Å²) in [4.78, 5) is 15.1. The Morgan fingerprint density at radius 3 is 2.50 bits per heavy atom. The van der Waals surface area contributed by atoms with Gasteiger partial charge in [0.1, 0.15) is 5.01 Å². The van der Waals surface area contributed by atoms with E-state index in [9.17, 15) is 0 Å². The maximum absolute atomic E-state index is 4.71. The van der Waals surface area contributed by atoms with Crippen molar-refractivity contribution in [2.45, 2.75) is 60.0 Å². The van der Waals surface area contributed by atoms with Crippen LogP contribution < -0.4 is 10.6 Å². The van der Waals surface area contributed by atoms with E-state index in [2.05, 4.69) is 53.7 Å². The largest absolute Gasteiger partial charge is 0.357 e. The molecule has 0 aliphatic rings. The summed E-state index contributed by atoms with van der Waals surface area (Å²) in [6.45, 7) is 14.9. The molecular formula is C17H27N5S2. The van der Waals surface area contributed by atoms with E-state index in [-0.39, 0.29) is 5.41 Å². The van der Waals surface area contributed by atoms with Crippen molar-refractivity contribution in [1.29, 1.82) is 0 Å². The number of aryl methyl sites for hydroxylation is 2. The number of hydrogen-bond donors (Lipinski definition) is 2. The molecule has 0 saturated heterocycles. The maximum atomic E-state index is 4.71. The summed E-state index contributed by atoms with van der Waals surface area (Å²) in [6, 6.07) is 0. The molecule has 0 saturated carbocycles. The summed E-state index contributed by atoms with van der Waals surface area (Å²) in [7, 11) is 0. The second-order valence-electron chi connectivity index (χ2n) is 6.67. The number of guanidine groups is 1. The van der Waals surface area contributed by atoms with Crippen LogP contribution in [-0.2, 0) is 18.5 Å². The highest BCUT2D eigenvalue weighted by Gasteiger charge is 2.17. The quantitative estimate of drug-likeness (QED) is 0.625. The van der Waals surface area contributed by atoms with Crippen LogP contribution in [0.5, 0.6) is 0 Å². The zero-order valence-electron chi connectivity index (χ0n) is 15.4. The molecule has 0 atom stereocenters. The van der Waals surface area contributed by atoms with Crippen LogP contribution in [0.15, 0.2) is 10.4 Å². The Morgan fingerprint density at radius 1 is 1.21 bits per heavy atom. The minimum atomic E-state index is 0.0922. The van der Waals surface area contributed by atoms with Crippen molar-refractivity contribution in [3.05, 3.63) is 31.7 Å². The monoisotopic (exact) mass is 365 g/mol. The first-order valence-corrected chi connectivity index (χ1v) is 9.89. The van der Waals surface area contributed by atoms with Crippen molar-refractivity contribution in [3.8, 4) is 0 Å². The van der Waals surface area contributed by atoms with Gasteiger partial charge >= 0.3 is 0 Å². The van der Waals surface area contributed by atoms with Gasteiger partial charge in [-0.25, -0.2) is 15.0 Å². The number of rotatable bonds is 5. The summed E-state index contributed by atoms with van der Waals surface area (Å²) >= 11 is 3.40. The average molecular weight is 366 g/mol. The molecule has 0 aromatic carbocycles. The summed E-state index contributed by atoms with van der Waals surface area (Å²) in [5, 5.41) is 11.0. The third-order valence-electron chi connectivity index (χ3n) is 3.45.